The van der Waals surface area contributed by atoms with Crippen LogP contribution in [0, 0.1) is 0 Å². The van der Waals surface area contributed by atoms with Gasteiger partial charge in [0.1, 0.15) is 0 Å². The van der Waals surface area contributed by atoms with Crippen molar-refractivity contribution < 1.29 is 13.2 Å². The molecule has 1 aromatic rings. The van der Waals surface area contributed by atoms with Gasteiger partial charge in [-0.15, -0.1) is 0 Å². The van der Waals surface area contributed by atoms with Crippen LogP contribution in [0.15, 0.2) is 24.3 Å². The van der Waals surface area contributed by atoms with Crippen LogP contribution in [-0.4, -0.2) is 27.1 Å². The third-order valence-corrected chi connectivity index (χ3v) is 3.41. The summed E-state index contributed by atoms with van der Waals surface area (Å²) in [6.07, 6.45) is 3.65. The minimum absolute atomic E-state index is 0.130. The first-order chi connectivity index (χ1) is 8.46. The minimum atomic E-state index is -3.26. The summed E-state index contributed by atoms with van der Waals surface area (Å²) in [6.45, 7) is 0.734. The summed E-state index contributed by atoms with van der Waals surface area (Å²) in [6, 6.07) is 6.85. The second-order valence-corrected chi connectivity index (χ2v) is 6.17. The smallest absolute Gasteiger partial charge is 0.229 e. The monoisotopic (exact) mass is 268 g/mol. The molecule has 5 nitrogen and oxygen atoms in total. The Morgan fingerprint density at radius 3 is 2.39 bits per heavy atom. The molecule has 1 aliphatic heterocycles. The van der Waals surface area contributed by atoms with Crippen LogP contribution in [0.5, 0.6) is 0 Å². The molecule has 0 unspecified atom stereocenters. The van der Waals surface area contributed by atoms with Crippen LogP contribution in [0.1, 0.15) is 19.3 Å². The van der Waals surface area contributed by atoms with Crippen LogP contribution >= 0.6 is 0 Å². The van der Waals surface area contributed by atoms with Crippen molar-refractivity contribution in [3.05, 3.63) is 24.3 Å². The Kier molecular flexibility index (Phi) is 3.56. The fraction of sp³-hybridized carbons (Fsp3) is 0.417. The van der Waals surface area contributed by atoms with E-state index in [1.54, 1.807) is 29.2 Å². The lowest BCUT2D eigenvalue weighted by Gasteiger charge is -2.26. The molecule has 1 aromatic carbocycles. The molecule has 2 rings (SSSR count). The van der Waals surface area contributed by atoms with E-state index in [9.17, 15) is 13.2 Å². The summed E-state index contributed by atoms with van der Waals surface area (Å²) in [5, 5.41) is 0. The Bertz CT molecular complexity index is 537. The normalized spacial score (nSPS) is 16.7. The molecule has 0 spiro atoms. The number of carbonyl (C=O) groups is 1. The maximum Gasteiger partial charge on any atom is 0.229 e. The van der Waals surface area contributed by atoms with Crippen molar-refractivity contribution in [2.24, 2.45) is 0 Å². The largest absolute Gasteiger partial charge is 0.312 e. The molecule has 1 N–H and O–H groups in total. The number of rotatable bonds is 3. The van der Waals surface area contributed by atoms with Gasteiger partial charge in [-0.25, -0.2) is 8.42 Å². The van der Waals surface area contributed by atoms with E-state index >= 15 is 0 Å². The summed E-state index contributed by atoms with van der Waals surface area (Å²) in [5.74, 6) is 0.130. The Balaban J connectivity index is 2.14. The minimum Gasteiger partial charge on any atom is -0.312 e. The van der Waals surface area contributed by atoms with Crippen LogP contribution in [-0.2, 0) is 14.8 Å². The number of sulfonamides is 1. The summed E-state index contributed by atoms with van der Waals surface area (Å²) in [7, 11) is -3.26. The molecule has 1 saturated heterocycles. The highest BCUT2D eigenvalue weighted by Crippen LogP contribution is 2.22. The van der Waals surface area contributed by atoms with Crippen LogP contribution in [0.3, 0.4) is 0 Å². The number of amides is 1. The van der Waals surface area contributed by atoms with Crippen molar-refractivity contribution in [1.82, 2.24) is 0 Å². The summed E-state index contributed by atoms with van der Waals surface area (Å²) < 4.78 is 24.5. The Labute approximate surface area is 107 Å². The lowest BCUT2D eigenvalue weighted by molar-refractivity contribution is -0.119. The molecule has 1 aliphatic rings. The zero-order valence-electron chi connectivity index (χ0n) is 10.2. The van der Waals surface area contributed by atoms with Gasteiger partial charge in [0, 0.05) is 24.3 Å². The van der Waals surface area contributed by atoms with Gasteiger partial charge in [-0.1, -0.05) is 0 Å². The topological polar surface area (TPSA) is 66.5 Å². The van der Waals surface area contributed by atoms with E-state index in [0.717, 1.165) is 31.3 Å². The van der Waals surface area contributed by atoms with Crippen LogP contribution < -0.4 is 9.62 Å². The Morgan fingerprint density at radius 2 is 1.83 bits per heavy atom. The quantitative estimate of drug-likeness (QED) is 0.905. The highest BCUT2D eigenvalue weighted by Gasteiger charge is 2.19. The number of nitrogens with one attached hydrogen (secondary N) is 1. The Hall–Kier alpha value is -1.56. The maximum atomic E-state index is 11.7. The van der Waals surface area contributed by atoms with Crippen molar-refractivity contribution >= 4 is 27.3 Å². The van der Waals surface area contributed by atoms with Gasteiger partial charge >= 0.3 is 0 Å². The van der Waals surface area contributed by atoms with Gasteiger partial charge in [-0.05, 0) is 37.1 Å². The van der Waals surface area contributed by atoms with E-state index in [0.29, 0.717) is 12.1 Å². The van der Waals surface area contributed by atoms with Gasteiger partial charge in [-0.2, -0.15) is 0 Å². The number of hydrogen-bond donors (Lipinski definition) is 1. The van der Waals surface area contributed by atoms with Crippen molar-refractivity contribution in [3.8, 4) is 0 Å². The predicted octanol–water partition coefficient (Wildman–Crippen LogP) is 1.57. The second kappa shape index (κ2) is 4.97. The highest BCUT2D eigenvalue weighted by atomic mass is 32.2. The number of anilines is 2. The van der Waals surface area contributed by atoms with Crippen molar-refractivity contribution in [3.63, 3.8) is 0 Å². The van der Waals surface area contributed by atoms with Gasteiger partial charge in [0.15, 0.2) is 0 Å². The van der Waals surface area contributed by atoms with E-state index in [4.69, 9.17) is 0 Å². The predicted molar refractivity (Wildman–Crippen MR) is 71.1 cm³/mol. The van der Waals surface area contributed by atoms with Gasteiger partial charge in [0.2, 0.25) is 15.9 Å². The summed E-state index contributed by atoms with van der Waals surface area (Å²) >= 11 is 0. The standard InChI is InChI=1S/C12H16N2O3S/c1-18(16,17)13-10-5-7-11(8-6-10)14-9-3-2-4-12(14)15/h5-8,13H,2-4,9H2,1H3. The molecule has 0 aromatic heterocycles. The van der Waals surface area contributed by atoms with E-state index < -0.39 is 10.0 Å². The lowest BCUT2D eigenvalue weighted by atomic mass is 10.1. The van der Waals surface area contributed by atoms with Crippen LogP contribution in [0.4, 0.5) is 11.4 Å². The maximum absolute atomic E-state index is 11.7. The van der Waals surface area contributed by atoms with E-state index in [-0.39, 0.29) is 5.91 Å². The molecule has 0 bridgehead atoms. The highest BCUT2D eigenvalue weighted by molar-refractivity contribution is 7.92. The molecule has 0 atom stereocenters. The molecular weight excluding hydrogens is 252 g/mol. The van der Waals surface area contributed by atoms with Crippen molar-refractivity contribution in [2.75, 3.05) is 22.4 Å². The van der Waals surface area contributed by atoms with Crippen LogP contribution in [0.2, 0.25) is 0 Å². The zero-order valence-corrected chi connectivity index (χ0v) is 11.0. The lowest BCUT2D eigenvalue weighted by Crippen LogP contribution is -2.35. The molecule has 0 saturated carbocycles. The van der Waals surface area contributed by atoms with Crippen molar-refractivity contribution in [1.29, 1.82) is 0 Å². The van der Waals surface area contributed by atoms with E-state index in [2.05, 4.69) is 4.72 Å². The molecule has 1 heterocycles. The first-order valence-electron chi connectivity index (χ1n) is 5.84. The van der Waals surface area contributed by atoms with Crippen LogP contribution in [0.25, 0.3) is 0 Å². The molecule has 1 amide bonds. The van der Waals surface area contributed by atoms with Gasteiger partial charge in [0.25, 0.3) is 0 Å². The fourth-order valence-corrected chi connectivity index (χ4v) is 2.57. The van der Waals surface area contributed by atoms with E-state index in [1.807, 2.05) is 0 Å². The average molecular weight is 268 g/mol. The number of hydrogen-bond acceptors (Lipinski definition) is 3. The zero-order chi connectivity index (χ0) is 13.2. The summed E-state index contributed by atoms with van der Waals surface area (Å²) in [4.78, 5) is 13.5. The van der Waals surface area contributed by atoms with Gasteiger partial charge < -0.3 is 4.90 Å². The van der Waals surface area contributed by atoms with Gasteiger partial charge in [0.05, 0.1) is 6.26 Å². The fourth-order valence-electron chi connectivity index (χ4n) is 2.00. The molecule has 98 valence electrons. The number of carbonyl (C=O) groups excluding carboxylic acids is 1. The SMILES string of the molecule is CS(=O)(=O)Nc1ccc(N2CCCCC2=O)cc1. The first kappa shape index (κ1) is 12.9. The second-order valence-electron chi connectivity index (χ2n) is 4.42. The molecule has 0 aliphatic carbocycles. The molecule has 18 heavy (non-hydrogen) atoms. The third kappa shape index (κ3) is 3.22. The van der Waals surface area contributed by atoms with E-state index in [1.165, 1.54) is 0 Å². The summed E-state index contributed by atoms with van der Waals surface area (Å²) in [5.41, 5.74) is 1.32. The van der Waals surface area contributed by atoms with Gasteiger partial charge in [-0.3, -0.25) is 9.52 Å². The van der Waals surface area contributed by atoms with Crippen molar-refractivity contribution in [2.45, 2.75) is 19.3 Å². The molecular formula is C12H16N2O3S. The molecule has 6 heteroatoms. The number of nitrogens with zero attached hydrogens (tertiary/aromatic N) is 1. The number of piperidine rings is 1. The third-order valence-electron chi connectivity index (χ3n) is 2.81. The molecule has 0 radical (unpaired) electrons. The molecule has 1 fully saturated rings. The Morgan fingerprint density at radius 1 is 1.17 bits per heavy atom. The number of benzene rings is 1. The average Bonchev–Trinajstić information content (AvgIpc) is 2.29. The first-order valence-corrected chi connectivity index (χ1v) is 7.73.